The largest absolute Gasteiger partial charge is 0.380 e. The lowest BCUT2D eigenvalue weighted by Gasteiger charge is -2.16. The van der Waals surface area contributed by atoms with E-state index in [4.69, 9.17) is 9.47 Å². The van der Waals surface area contributed by atoms with Crippen LogP contribution in [0, 0.1) is 11.3 Å². The van der Waals surface area contributed by atoms with Gasteiger partial charge in [-0.2, -0.15) is 0 Å². The van der Waals surface area contributed by atoms with Crippen LogP contribution in [0.5, 0.6) is 0 Å². The van der Waals surface area contributed by atoms with Gasteiger partial charge in [-0.15, -0.1) is 0 Å². The normalized spacial score (nSPS) is 25.7. The molecule has 3 nitrogen and oxygen atoms in total. The van der Waals surface area contributed by atoms with Crippen LogP contribution in [0.4, 0.5) is 0 Å². The molecule has 1 saturated carbocycles. The molecule has 0 radical (unpaired) electrons. The first-order chi connectivity index (χ1) is 8.37. The molecule has 0 amide bonds. The van der Waals surface area contributed by atoms with Crippen LogP contribution in [0.15, 0.2) is 0 Å². The SMILES string of the molecule is CC(C)CNCCOCCCOC1(C)CC1(C)C. The van der Waals surface area contributed by atoms with Crippen LogP contribution >= 0.6 is 0 Å². The summed E-state index contributed by atoms with van der Waals surface area (Å²) in [5, 5.41) is 3.36. The van der Waals surface area contributed by atoms with Crippen molar-refractivity contribution in [3.05, 3.63) is 0 Å². The van der Waals surface area contributed by atoms with Gasteiger partial charge in [0.1, 0.15) is 0 Å². The average molecular weight is 257 g/mol. The first kappa shape index (κ1) is 15.9. The zero-order chi connectivity index (χ0) is 13.6. The smallest absolute Gasteiger partial charge is 0.0712 e. The molecule has 0 heterocycles. The lowest BCUT2D eigenvalue weighted by molar-refractivity contribution is 0.00656. The van der Waals surface area contributed by atoms with E-state index in [1.165, 1.54) is 6.42 Å². The van der Waals surface area contributed by atoms with Crippen molar-refractivity contribution < 1.29 is 9.47 Å². The summed E-state index contributed by atoms with van der Waals surface area (Å²) in [5.74, 6) is 0.709. The van der Waals surface area contributed by atoms with Crippen molar-refractivity contribution in [1.82, 2.24) is 5.32 Å². The molecule has 3 heteroatoms. The first-order valence-electron chi connectivity index (χ1n) is 7.30. The molecule has 1 N–H and O–H groups in total. The van der Waals surface area contributed by atoms with Crippen molar-refractivity contribution >= 4 is 0 Å². The van der Waals surface area contributed by atoms with Gasteiger partial charge < -0.3 is 14.8 Å². The van der Waals surface area contributed by atoms with Crippen molar-refractivity contribution in [1.29, 1.82) is 0 Å². The lowest BCUT2D eigenvalue weighted by Crippen LogP contribution is -2.24. The van der Waals surface area contributed by atoms with Gasteiger partial charge in [0.05, 0.1) is 12.2 Å². The van der Waals surface area contributed by atoms with Gasteiger partial charge in [-0.25, -0.2) is 0 Å². The van der Waals surface area contributed by atoms with Gasteiger partial charge in [-0.1, -0.05) is 27.7 Å². The van der Waals surface area contributed by atoms with Crippen LogP contribution in [0.3, 0.4) is 0 Å². The molecule has 1 aliphatic carbocycles. The van der Waals surface area contributed by atoms with E-state index in [9.17, 15) is 0 Å². The molecule has 0 spiro atoms. The third-order valence-corrected chi connectivity index (χ3v) is 3.92. The molecule has 1 rings (SSSR count). The van der Waals surface area contributed by atoms with Crippen molar-refractivity contribution in [2.75, 3.05) is 32.9 Å². The van der Waals surface area contributed by atoms with E-state index in [2.05, 4.69) is 39.9 Å². The summed E-state index contributed by atoms with van der Waals surface area (Å²) < 4.78 is 11.5. The fourth-order valence-electron chi connectivity index (χ4n) is 2.14. The number of hydrogen-bond acceptors (Lipinski definition) is 3. The van der Waals surface area contributed by atoms with Gasteiger partial charge >= 0.3 is 0 Å². The molecule has 0 aromatic carbocycles. The van der Waals surface area contributed by atoms with Crippen LogP contribution in [-0.4, -0.2) is 38.5 Å². The van der Waals surface area contributed by atoms with Crippen LogP contribution in [-0.2, 0) is 9.47 Å². The van der Waals surface area contributed by atoms with Gasteiger partial charge in [0.2, 0.25) is 0 Å². The van der Waals surface area contributed by atoms with E-state index in [1.807, 2.05) is 0 Å². The van der Waals surface area contributed by atoms with Crippen molar-refractivity contribution in [3.63, 3.8) is 0 Å². The van der Waals surface area contributed by atoms with E-state index >= 15 is 0 Å². The summed E-state index contributed by atoms with van der Waals surface area (Å²) >= 11 is 0. The fourth-order valence-corrected chi connectivity index (χ4v) is 2.14. The highest BCUT2D eigenvalue weighted by molar-refractivity contribution is 5.09. The zero-order valence-electron chi connectivity index (χ0n) is 12.8. The van der Waals surface area contributed by atoms with Gasteiger partial charge in [0.15, 0.2) is 0 Å². The predicted molar refractivity (Wildman–Crippen MR) is 75.9 cm³/mol. The molecular formula is C15H31NO2. The van der Waals surface area contributed by atoms with E-state index in [-0.39, 0.29) is 5.60 Å². The Kier molecular flexibility index (Phi) is 6.09. The molecule has 0 aromatic rings. The highest BCUT2D eigenvalue weighted by Gasteiger charge is 2.58. The van der Waals surface area contributed by atoms with Gasteiger partial charge in [-0.05, 0) is 37.6 Å². The average Bonchev–Trinajstić information content (AvgIpc) is 2.75. The van der Waals surface area contributed by atoms with E-state index < -0.39 is 0 Å². The van der Waals surface area contributed by atoms with Crippen LogP contribution in [0.25, 0.3) is 0 Å². The topological polar surface area (TPSA) is 30.5 Å². The summed E-state index contributed by atoms with van der Waals surface area (Å²) in [6, 6.07) is 0. The molecule has 18 heavy (non-hydrogen) atoms. The highest BCUT2D eigenvalue weighted by atomic mass is 16.5. The number of nitrogens with one attached hydrogen (secondary N) is 1. The zero-order valence-corrected chi connectivity index (χ0v) is 12.8. The third-order valence-electron chi connectivity index (χ3n) is 3.92. The summed E-state index contributed by atoms with van der Waals surface area (Å²) in [6.45, 7) is 15.6. The maximum atomic E-state index is 5.92. The fraction of sp³-hybridized carbons (Fsp3) is 1.00. The van der Waals surface area contributed by atoms with Gasteiger partial charge in [0.25, 0.3) is 0 Å². The summed E-state index contributed by atoms with van der Waals surface area (Å²) in [5.41, 5.74) is 0.487. The molecule has 1 fully saturated rings. The molecule has 1 aliphatic rings. The monoisotopic (exact) mass is 257 g/mol. The number of hydrogen-bond donors (Lipinski definition) is 1. The standard InChI is InChI=1S/C15H31NO2/c1-13(2)11-16-7-10-17-8-6-9-18-15(5)12-14(15,3)4/h13,16H,6-12H2,1-5H3. The van der Waals surface area contributed by atoms with E-state index in [0.29, 0.717) is 11.3 Å². The first-order valence-corrected chi connectivity index (χ1v) is 7.30. The van der Waals surface area contributed by atoms with Gasteiger partial charge in [0, 0.05) is 19.8 Å². The van der Waals surface area contributed by atoms with Crippen molar-refractivity contribution in [2.24, 2.45) is 11.3 Å². The van der Waals surface area contributed by atoms with Crippen molar-refractivity contribution in [3.8, 4) is 0 Å². The second-order valence-electron chi connectivity index (χ2n) is 6.70. The molecule has 1 unspecified atom stereocenters. The highest BCUT2D eigenvalue weighted by Crippen LogP contribution is 2.57. The Hall–Kier alpha value is -0.120. The Balaban J connectivity index is 1.83. The minimum absolute atomic E-state index is 0.117. The van der Waals surface area contributed by atoms with Gasteiger partial charge in [-0.3, -0.25) is 0 Å². The van der Waals surface area contributed by atoms with Crippen LogP contribution < -0.4 is 5.32 Å². The second-order valence-corrected chi connectivity index (χ2v) is 6.70. The maximum Gasteiger partial charge on any atom is 0.0712 e. The molecule has 108 valence electrons. The predicted octanol–water partition coefficient (Wildman–Crippen LogP) is 2.84. The number of rotatable bonds is 10. The molecule has 0 bridgehead atoms. The van der Waals surface area contributed by atoms with E-state index in [0.717, 1.165) is 39.3 Å². The summed E-state index contributed by atoms with van der Waals surface area (Å²) in [6.07, 6.45) is 2.18. The maximum absolute atomic E-state index is 5.92. The van der Waals surface area contributed by atoms with E-state index in [1.54, 1.807) is 0 Å². The second kappa shape index (κ2) is 6.88. The van der Waals surface area contributed by atoms with Crippen molar-refractivity contribution in [2.45, 2.75) is 53.1 Å². The molecule has 1 atom stereocenters. The molecule has 0 saturated heterocycles. The lowest BCUT2D eigenvalue weighted by atomic mass is 10.1. The molecule has 0 aromatic heterocycles. The Morgan fingerprint density at radius 3 is 2.33 bits per heavy atom. The molecule has 0 aliphatic heterocycles. The minimum Gasteiger partial charge on any atom is -0.380 e. The Bertz CT molecular complexity index is 241. The Labute approximate surface area is 113 Å². The molecular weight excluding hydrogens is 226 g/mol. The van der Waals surface area contributed by atoms with Crippen LogP contribution in [0.2, 0.25) is 0 Å². The quantitative estimate of drug-likeness (QED) is 0.610. The third kappa shape index (κ3) is 5.25. The summed E-state index contributed by atoms with van der Waals surface area (Å²) in [7, 11) is 0. The number of ether oxygens (including phenoxy) is 2. The van der Waals surface area contributed by atoms with Crippen LogP contribution in [0.1, 0.15) is 47.5 Å². The Morgan fingerprint density at radius 1 is 1.11 bits per heavy atom. The summed E-state index contributed by atoms with van der Waals surface area (Å²) in [4.78, 5) is 0. The minimum atomic E-state index is 0.117. The Morgan fingerprint density at radius 2 is 1.78 bits per heavy atom.